The first kappa shape index (κ1) is 19.9. The van der Waals surface area contributed by atoms with Gasteiger partial charge in [0.25, 0.3) is 0 Å². The number of carboxylic acids is 1. The van der Waals surface area contributed by atoms with Gasteiger partial charge in [-0.05, 0) is 43.4 Å². The van der Waals surface area contributed by atoms with Crippen LogP contribution in [0.4, 0.5) is 0 Å². The van der Waals surface area contributed by atoms with Crippen molar-refractivity contribution < 1.29 is 28.9 Å². The maximum Gasteiger partial charge on any atom is 0.326 e. The largest absolute Gasteiger partial charge is 0.493 e. The zero-order valence-electron chi connectivity index (χ0n) is 15.8. The lowest BCUT2D eigenvalue weighted by Gasteiger charge is -2.35. The number of methoxy groups -OCH3 is 3. The van der Waals surface area contributed by atoms with E-state index >= 15 is 0 Å². The van der Waals surface area contributed by atoms with Crippen molar-refractivity contribution in [2.75, 3.05) is 27.9 Å². The molecule has 144 valence electrons. The molecule has 7 nitrogen and oxygen atoms in total. The minimum atomic E-state index is -0.946. The fourth-order valence-corrected chi connectivity index (χ4v) is 3.51. The van der Waals surface area contributed by atoms with E-state index in [2.05, 4.69) is 0 Å². The van der Waals surface area contributed by atoms with Gasteiger partial charge in [-0.25, -0.2) is 4.79 Å². The lowest BCUT2D eigenvalue weighted by atomic mass is 9.91. The van der Waals surface area contributed by atoms with Crippen molar-refractivity contribution in [3.8, 4) is 17.2 Å². The Morgan fingerprint density at radius 3 is 2.23 bits per heavy atom. The van der Waals surface area contributed by atoms with Gasteiger partial charge in [-0.15, -0.1) is 0 Å². The van der Waals surface area contributed by atoms with Gasteiger partial charge in [0, 0.05) is 6.54 Å². The molecule has 1 aliphatic rings. The highest BCUT2D eigenvalue weighted by Gasteiger charge is 2.36. The fraction of sp³-hybridized carbons (Fsp3) is 0.579. The van der Waals surface area contributed by atoms with E-state index in [4.69, 9.17) is 14.2 Å². The zero-order chi connectivity index (χ0) is 19.3. The molecule has 1 aromatic rings. The SMILES string of the molecule is CC[C@@H](C(=O)N1CCCC[C@H]1C(=O)O)c1cc(OC)c(OC)c(OC)c1. The topological polar surface area (TPSA) is 85.3 Å². The predicted octanol–water partition coefficient (Wildman–Crippen LogP) is 2.67. The molecule has 0 aromatic heterocycles. The first-order valence-electron chi connectivity index (χ1n) is 8.81. The molecule has 2 rings (SSSR count). The number of likely N-dealkylation sites (tertiary alicyclic amines) is 1. The van der Waals surface area contributed by atoms with Gasteiger partial charge < -0.3 is 24.2 Å². The number of hydrogen-bond acceptors (Lipinski definition) is 5. The van der Waals surface area contributed by atoms with Crippen LogP contribution in [0.3, 0.4) is 0 Å². The van der Waals surface area contributed by atoms with Crippen LogP contribution in [0.25, 0.3) is 0 Å². The number of rotatable bonds is 7. The van der Waals surface area contributed by atoms with E-state index in [0.29, 0.717) is 36.6 Å². The average Bonchev–Trinajstić information content (AvgIpc) is 2.67. The van der Waals surface area contributed by atoms with Crippen molar-refractivity contribution in [3.05, 3.63) is 17.7 Å². The summed E-state index contributed by atoms with van der Waals surface area (Å²) in [7, 11) is 4.57. The lowest BCUT2D eigenvalue weighted by molar-refractivity contribution is -0.152. The van der Waals surface area contributed by atoms with Crippen LogP contribution in [0, 0.1) is 0 Å². The summed E-state index contributed by atoms with van der Waals surface area (Å²) >= 11 is 0. The van der Waals surface area contributed by atoms with Crippen LogP contribution in [-0.4, -0.2) is 55.8 Å². The van der Waals surface area contributed by atoms with Gasteiger partial charge in [0.05, 0.1) is 27.2 Å². The van der Waals surface area contributed by atoms with Gasteiger partial charge in [-0.1, -0.05) is 6.92 Å². The molecule has 1 saturated heterocycles. The third kappa shape index (κ3) is 3.86. The Balaban J connectivity index is 2.40. The molecule has 1 N–H and O–H groups in total. The van der Waals surface area contributed by atoms with Crippen LogP contribution in [0.2, 0.25) is 0 Å². The minimum absolute atomic E-state index is 0.172. The molecule has 1 amide bonds. The number of carbonyl (C=O) groups excluding carboxylic acids is 1. The molecule has 0 radical (unpaired) electrons. The first-order chi connectivity index (χ1) is 12.5. The van der Waals surface area contributed by atoms with Crippen LogP contribution in [0.1, 0.15) is 44.1 Å². The number of benzene rings is 1. The maximum atomic E-state index is 13.1. The summed E-state index contributed by atoms with van der Waals surface area (Å²) in [5.41, 5.74) is 0.724. The number of amides is 1. The molecule has 7 heteroatoms. The van der Waals surface area contributed by atoms with Gasteiger partial charge in [0.2, 0.25) is 11.7 Å². The van der Waals surface area contributed by atoms with Crippen molar-refractivity contribution >= 4 is 11.9 Å². The summed E-state index contributed by atoms with van der Waals surface area (Å²) in [6, 6.07) is 2.76. The van der Waals surface area contributed by atoms with Gasteiger partial charge in [-0.3, -0.25) is 4.79 Å². The highest BCUT2D eigenvalue weighted by atomic mass is 16.5. The van der Waals surface area contributed by atoms with Crippen molar-refractivity contribution in [2.45, 2.75) is 44.6 Å². The number of aliphatic carboxylic acids is 1. The maximum absolute atomic E-state index is 13.1. The second-order valence-corrected chi connectivity index (χ2v) is 6.30. The van der Waals surface area contributed by atoms with Crippen LogP contribution < -0.4 is 14.2 Å². The van der Waals surface area contributed by atoms with Gasteiger partial charge in [0.15, 0.2) is 11.5 Å². The van der Waals surface area contributed by atoms with E-state index in [0.717, 1.165) is 18.4 Å². The second kappa shape index (κ2) is 8.78. The average molecular weight is 365 g/mol. The Bertz CT molecular complexity index is 634. The molecule has 0 aliphatic carbocycles. The molecule has 2 atom stereocenters. The Kier molecular flexibility index (Phi) is 6.71. The van der Waals surface area contributed by atoms with E-state index in [1.54, 1.807) is 12.1 Å². The number of ether oxygens (including phenoxy) is 3. The van der Waals surface area contributed by atoms with Gasteiger partial charge in [-0.2, -0.15) is 0 Å². The lowest BCUT2D eigenvalue weighted by Crippen LogP contribution is -2.49. The molecule has 0 saturated carbocycles. The molecule has 0 bridgehead atoms. The zero-order valence-corrected chi connectivity index (χ0v) is 15.8. The molecule has 0 spiro atoms. The number of nitrogens with zero attached hydrogens (tertiary/aromatic N) is 1. The number of hydrogen-bond donors (Lipinski definition) is 1. The van der Waals surface area contributed by atoms with Gasteiger partial charge >= 0.3 is 5.97 Å². The van der Waals surface area contributed by atoms with E-state index < -0.39 is 17.9 Å². The Hall–Kier alpha value is -2.44. The Morgan fingerprint density at radius 1 is 1.15 bits per heavy atom. The Labute approximate surface area is 153 Å². The molecular weight excluding hydrogens is 338 g/mol. The summed E-state index contributed by atoms with van der Waals surface area (Å²) in [6.07, 6.45) is 2.68. The van der Waals surface area contributed by atoms with Crippen LogP contribution in [0.15, 0.2) is 12.1 Å². The van der Waals surface area contributed by atoms with E-state index in [9.17, 15) is 14.7 Å². The minimum Gasteiger partial charge on any atom is -0.493 e. The second-order valence-electron chi connectivity index (χ2n) is 6.30. The molecule has 1 aliphatic heterocycles. The molecule has 1 aromatic carbocycles. The quantitative estimate of drug-likeness (QED) is 0.800. The molecule has 26 heavy (non-hydrogen) atoms. The predicted molar refractivity (Wildman–Crippen MR) is 96.1 cm³/mol. The standard InChI is InChI=1S/C19H27NO6/c1-5-13(18(21)20-9-7-6-8-14(20)19(22)23)12-10-15(24-2)17(26-4)16(11-12)25-3/h10-11,13-14H,5-9H2,1-4H3,(H,22,23)/t13-,14+/m1/s1. The summed E-state index contributed by atoms with van der Waals surface area (Å²) in [4.78, 5) is 26.2. The normalized spacial score (nSPS) is 18.2. The summed E-state index contributed by atoms with van der Waals surface area (Å²) in [6.45, 7) is 2.38. The molecule has 0 unspecified atom stereocenters. The monoisotopic (exact) mass is 365 g/mol. The highest BCUT2D eigenvalue weighted by Crippen LogP contribution is 2.41. The molecular formula is C19H27NO6. The number of piperidine rings is 1. The van der Waals surface area contributed by atoms with Crippen LogP contribution in [-0.2, 0) is 9.59 Å². The van der Waals surface area contributed by atoms with E-state index in [1.807, 2.05) is 6.92 Å². The van der Waals surface area contributed by atoms with Crippen LogP contribution >= 0.6 is 0 Å². The third-order valence-electron chi connectivity index (χ3n) is 4.87. The van der Waals surface area contributed by atoms with Crippen molar-refractivity contribution in [2.24, 2.45) is 0 Å². The number of carboxylic acid groups (broad SMARTS) is 1. The summed E-state index contributed by atoms with van der Waals surface area (Å²) < 4.78 is 16.1. The molecule has 1 fully saturated rings. The molecule has 1 heterocycles. The first-order valence-corrected chi connectivity index (χ1v) is 8.81. The summed E-state index contributed by atoms with van der Waals surface area (Å²) in [5.74, 6) is -0.180. The summed E-state index contributed by atoms with van der Waals surface area (Å²) in [5, 5.41) is 9.46. The fourth-order valence-electron chi connectivity index (χ4n) is 3.51. The van der Waals surface area contributed by atoms with Gasteiger partial charge in [0.1, 0.15) is 6.04 Å². The van der Waals surface area contributed by atoms with Crippen molar-refractivity contribution in [3.63, 3.8) is 0 Å². The van der Waals surface area contributed by atoms with Crippen molar-refractivity contribution in [1.82, 2.24) is 4.90 Å². The van der Waals surface area contributed by atoms with Crippen molar-refractivity contribution in [1.29, 1.82) is 0 Å². The highest BCUT2D eigenvalue weighted by molar-refractivity contribution is 5.88. The van der Waals surface area contributed by atoms with Crippen LogP contribution in [0.5, 0.6) is 17.2 Å². The third-order valence-corrected chi connectivity index (χ3v) is 4.87. The number of carbonyl (C=O) groups is 2. The Morgan fingerprint density at radius 2 is 1.77 bits per heavy atom. The smallest absolute Gasteiger partial charge is 0.326 e. The van der Waals surface area contributed by atoms with E-state index in [-0.39, 0.29) is 5.91 Å². The van der Waals surface area contributed by atoms with E-state index in [1.165, 1.54) is 26.2 Å².